The van der Waals surface area contributed by atoms with Crippen LogP contribution in [0.1, 0.15) is 12.0 Å². The molecule has 0 spiro atoms. The number of nitrogens with two attached hydrogens (primary N) is 1. The van der Waals surface area contributed by atoms with E-state index < -0.39 is 48.9 Å². The Morgan fingerprint density at radius 1 is 1.05 bits per heavy atom. The normalized spacial score (nSPS) is 16.6. The molecule has 0 aliphatic carbocycles. The Hall–Kier alpha value is -1.64. The van der Waals surface area contributed by atoms with Crippen molar-refractivity contribution in [2.24, 2.45) is 5.73 Å². The number of carbonyl (C=O) groups is 2. The lowest BCUT2D eigenvalue weighted by atomic mass is 9.96. The van der Waals surface area contributed by atoms with Gasteiger partial charge < -0.3 is 26.2 Å². The lowest BCUT2D eigenvalue weighted by Gasteiger charge is -2.20. The quantitative estimate of drug-likeness (QED) is 0.337. The SMILES string of the molecule is N[C@@H](Cc1ccccc1)C(=O)CC(=O)[C@@H](O)[C@H](O)[C@H](O)CO. The van der Waals surface area contributed by atoms with Crippen LogP contribution >= 0.6 is 0 Å². The number of aliphatic hydroxyl groups is 4. The van der Waals surface area contributed by atoms with Crippen LogP contribution in [-0.4, -0.2) is 63.0 Å². The first-order chi connectivity index (χ1) is 10.4. The maximum absolute atomic E-state index is 11.9. The van der Waals surface area contributed by atoms with Crippen molar-refractivity contribution >= 4 is 11.6 Å². The molecule has 0 radical (unpaired) electrons. The first-order valence-corrected chi connectivity index (χ1v) is 6.86. The summed E-state index contributed by atoms with van der Waals surface area (Å²) in [5, 5.41) is 36.8. The minimum Gasteiger partial charge on any atom is -0.394 e. The van der Waals surface area contributed by atoms with Gasteiger partial charge in [0.1, 0.15) is 18.3 Å². The summed E-state index contributed by atoms with van der Waals surface area (Å²) in [5.41, 5.74) is 6.56. The Kier molecular flexibility index (Phi) is 7.30. The Labute approximate surface area is 128 Å². The van der Waals surface area contributed by atoms with E-state index in [0.29, 0.717) is 0 Å². The number of benzene rings is 1. The molecule has 0 amide bonds. The van der Waals surface area contributed by atoms with Gasteiger partial charge in [-0.15, -0.1) is 0 Å². The molecular weight excluding hydrogens is 290 g/mol. The van der Waals surface area contributed by atoms with Crippen LogP contribution in [0, 0.1) is 0 Å². The average molecular weight is 311 g/mol. The number of hydrogen-bond donors (Lipinski definition) is 5. The maximum atomic E-state index is 11.9. The van der Waals surface area contributed by atoms with Gasteiger partial charge in [-0.3, -0.25) is 9.59 Å². The summed E-state index contributed by atoms with van der Waals surface area (Å²) in [6.45, 7) is -0.813. The van der Waals surface area contributed by atoms with E-state index in [1.165, 1.54) is 0 Å². The molecule has 122 valence electrons. The van der Waals surface area contributed by atoms with E-state index in [-0.39, 0.29) is 6.42 Å². The molecule has 0 saturated carbocycles. The topological polar surface area (TPSA) is 141 Å². The number of carbonyl (C=O) groups excluding carboxylic acids is 2. The smallest absolute Gasteiger partial charge is 0.171 e. The fourth-order valence-corrected chi connectivity index (χ4v) is 1.90. The highest BCUT2D eigenvalue weighted by atomic mass is 16.4. The van der Waals surface area contributed by atoms with Crippen molar-refractivity contribution in [2.45, 2.75) is 37.2 Å². The van der Waals surface area contributed by atoms with Crippen molar-refractivity contribution in [1.82, 2.24) is 0 Å². The first kappa shape index (κ1) is 18.4. The predicted molar refractivity (Wildman–Crippen MR) is 77.9 cm³/mol. The highest BCUT2D eigenvalue weighted by Gasteiger charge is 2.31. The summed E-state index contributed by atoms with van der Waals surface area (Å²) in [5.74, 6) is -1.52. The van der Waals surface area contributed by atoms with Gasteiger partial charge in [0.25, 0.3) is 0 Å². The van der Waals surface area contributed by atoms with Crippen LogP contribution in [0.2, 0.25) is 0 Å². The zero-order chi connectivity index (χ0) is 16.7. The van der Waals surface area contributed by atoms with Crippen molar-refractivity contribution in [3.8, 4) is 0 Å². The lowest BCUT2D eigenvalue weighted by molar-refractivity contribution is -0.142. The van der Waals surface area contributed by atoms with E-state index in [0.717, 1.165) is 5.56 Å². The summed E-state index contributed by atoms with van der Waals surface area (Å²) in [7, 11) is 0. The molecule has 22 heavy (non-hydrogen) atoms. The van der Waals surface area contributed by atoms with Crippen LogP contribution in [0.25, 0.3) is 0 Å². The highest BCUT2D eigenvalue weighted by molar-refractivity contribution is 6.03. The number of rotatable bonds is 9. The molecule has 7 heteroatoms. The summed E-state index contributed by atoms with van der Waals surface area (Å²) in [6, 6.07) is 8.11. The van der Waals surface area contributed by atoms with Crippen LogP contribution in [0.5, 0.6) is 0 Å². The largest absolute Gasteiger partial charge is 0.394 e. The van der Waals surface area contributed by atoms with Crippen molar-refractivity contribution in [3.05, 3.63) is 35.9 Å². The molecule has 0 bridgehead atoms. The van der Waals surface area contributed by atoms with Gasteiger partial charge >= 0.3 is 0 Å². The van der Waals surface area contributed by atoms with E-state index in [1.807, 2.05) is 6.07 Å². The van der Waals surface area contributed by atoms with Gasteiger partial charge in [0.15, 0.2) is 11.6 Å². The average Bonchev–Trinajstić information content (AvgIpc) is 2.53. The van der Waals surface area contributed by atoms with E-state index in [9.17, 15) is 19.8 Å². The van der Waals surface area contributed by atoms with E-state index >= 15 is 0 Å². The fraction of sp³-hybridized carbons (Fsp3) is 0.467. The molecule has 1 aromatic rings. The fourth-order valence-electron chi connectivity index (χ4n) is 1.90. The van der Waals surface area contributed by atoms with Gasteiger partial charge in [-0.05, 0) is 12.0 Å². The molecule has 0 heterocycles. The number of aliphatic hydroxyl groups excluding tert-OH is 4. The summed E-state index contributed by atoms with van der Waals surface area (Å²) >= 11 is 0. The van der Waals surface area contributed by atoms with E-state index in [1.54, 1.807) is 24.3 Å². The molecular formula is C15H21NO6. The third-order valence-electron chi connectivity index (χ3n) is 3.30. The van der Waals surface area contributed by atoms with Crippen LogP contribution in [0.3, 0.4) is 0 Å². The Balaban J connectivity index is 2.54. The highest BCUT2D eigenvalue weighted by Crippen LogP contribution is 2.07. The molecule has 0 fully saturated rings. The number of hydrogen-bond acceptors (Lipinski definition) is 7. The molecule has 0 saturated heterocycles. The zero-order valence-electron chi connectivity index (χ0n) is 12.0. The Bertz CT molecular complexity index is 492. The van der Waals surface area contributed by atoms with E-state index in [2.05, 4.69) is 0 Å². The lowest BCUT2D eigenvalue weighted by Crippen LogP contribution is -2.45. The number of ketones is 2. The minimum atomic E-state index is -1.95. The van der Waals surface area contributed by atoms with Gasteiger partial charge in [-0.2, -0.15) is 0 Å². The van der Waals surface area contributed by atoms with Crippen molar-refractivity contribution in [3.63, 3.8) is 0 Å². The molecule has 0 aliphatic rings. The molecule has 6 N–H and O–H groups in total. The molecule has 0 aliphatic heterocycles. The third-order valence-corrected chi connectivity index (χ3v) is 3.30. The second-order valence-electron chi connectivity index (χ2n) is 5.09. The molecule has 0 unspecified atom stereocenters. The summed E-state index contributed by atoms with van der Waals surface area (Å²) in [4.78, 5) is 23.6. The van der Waals surface area contributed by atoms with Crippen molar-refractivity contribution < 1.29 is 30.0 Å². The molecule has 1 aromatic carbocycles. The van der Waals surface area contributed by atoms with Crippen LogP contribution in [-0.2, 0) is 16.0 Å². The standard InChI is InChI=1S/C15H21NO6/c16-10(6-9-4-2-1-3-5-9)11(18)7-12(19)14(21)15(22)13(20)8-17/h1-5,10,13-15,17,20-22H,6-8,16H2/t10-,13+,14+,15+/m0/s1. The Morgan fingerprint density at radius 2 is 1.64 bits per heavy atom. The first-order valence-electron chi connectivity index (χ1n) is 6.86. The monoisotopic (exact) mass is 311 g/mol. The summed E-state index contributed by atoms with van der Waals surface area (Å²) in [6.07, 6.45) is -5.85. The predicted octanol–water partition coefficient (Wildman–Crippen LogP) is -1.84. The Morgan fingerprint density at radius 3 is 2.18 bits per heavy atom. The molecule has 1 rings (SSSR count). The maximum Gasteiger partial charge on any atom is 0.171 e. The van der Waals surface area contributed by atoms with Crippen molar-refractivity contribution in [1.29, 1.82) is 0 Å². The second kappa shape index (κ2) is 8.72. The summed E-state index contributed by atoms with van der Waals surface area (Å²) < 4.78 is 0. The third kappa shape index (κ3) is 5.28. The molecule has 7 nitrogen and oxygen atoms in total. The zero-order valence-corrected chi connectivity index (χ0v) is 12.0. The molecule has 0 aromatic heterocycles. The van der Waals surface area contributed by atoms with Gasteiger partial charge in [0.05, 0.1) is 19.1 Å². The van der Waals surface area contributed by atoms with Gasteiger partial charge in [-0.25, -0.2) is 0 Å². The van der Waals surface area contributed by atoms with Gasteiger partial charge in [-0.1, -0.05) is 30.3 Å². The van der Waals surface area contributed by atoms with Crippen LogP contribution < -0.4 is 5.73 Å². The van der Waals surface area contributed by atoms with Gasteiger partial charge in [0.2, 0.25) is 0 Å². The van der Waals surface area contributed by atoms with Crippen molar-refractivity contribution in [2.75, 3.05) is 6.61 Å². The van der Waals surface area contributed by atoms with E-state index in [4.69, 9.17) is 15.9 Å². The molecule has 4 atom stereocenters. The minimum absolute atomic E-state index is 0.255. The van der Waals surface area contributed by atoms with Crippen LogP contribution in [0.15, 0.2) is 30.3 Å². The second-order valence-corrected chi connectivity index (χ2v) is 5.09. The van der Waals surface area contributed by atoms with Gasteiger partial charge in [0, 0.05) is 0 Å². The van der Waals surface area contributed by atoms with Crippen LogP contribution in [0.4, 0.5) is 0 Å². The number of Topliss-reactive ketones (excluding diaryl/α,β-unsaturated/α-hetero) is 2.